The van der Waals surface area contributed by atoms with E-state index in [1.807, 2.05) is 22.6 Å². The highest BCUT2D eigenvalue weighted by Gasteiger charge is 2.24. The van der Waals surface area contributed by atoms with Gasteiger partial charge in [0.25, 0.3) is 11.1 Å². The summed E-state index contributed by atoms with van der Waals surface area (Å²) in [6.07, 6.45) is 0. The Morgan fingerprint density at radius 3 is 2.38 bits per heavy atom. The first-order valence-corrected chi connectivity index (χ1v) is 13.1. The van der Waals surface area contributed by atoms with E-state index >= 15 is 4.39 Å². The Morgan fingerprint density at radius 1 is 0.975 bits per heavy atom. The fraction of sp³-hybridized carbons (Fsp3) is 0.138. The van der Waals surface area contributed by atoms with Gasteiger partial charge in [-0.05, 0) is 77.5 Å². The standard InChI is InChI=1S/C29H23FIN3O6/c1-16-22(35)5-4-6-23(16)40-24-14-25(36)32(2)27-26(24)28(37)33(15-17-7-10-19(39-3)11-8-17)29(38)34(27)21-12-9-18(31)13-20(21)30/h4-14,35H,15H2,1-3H3. The van der Waals surface area contributed by atoms with Gasteiger partial charge in [0, 0.05) is 22.2 Å². The van der Waals surface area contributed by atoms with Crippen LogP contribution >= 0.6 is 22.6 Å². The molecule has 3 aromatic carbocycles. The molecule has 1 N–H and O–H groups in total. The van der Waals surface area contributed by atoms with E-state index in [1.165, 1.54) is 32.4 Å². The van der Waals surface area contributed by atoms with Gasteiger partial charge < -0.3 is 14.6 Å². The first kappa shape index (κ1) is 27.2. The van der Waals surface area contributed by atoms with Crippen LogP contribution in [0.4, 0.5) is 4.39 Å². The Kier molecular flexibility index (Phi) is 7.23. The van der Waals surface area contributed by atoms with E-state index in [2.05, 4.69) is 0 Å². The third kappa shape index (κ3) is 4.76. The lowest BCUT2D eigenvalue weighted by atomic mass is 10.2. The fourth-order valence-electron chi connectivity index (χ4n) is 4.40. The van der Waals surface area contributed by atoms with E-state index in [-0.39, 0.29) is 40.5 Å². The summed E-state index contributed by atoms with van der Waals surface area (Å²) in [6, 6.07) is 16.8. The highest BCUT2D eigenvalue weighted by atomic mass is 127. The van der Waals surface area contributed by atoms with Crippen molar-refractivity contribution in [3.63, 3.8) is 0 Å². The molecule has 0 saturated carbocycles. The van der Waals surface area contributed by atoms with Gasteiger partial charge in [0.1, 0.15) is 39.8 Å². The van der Waals surface area contributed by atoms with Gasteiger partial charge in [-0.3, -0.25) is 18.7 Å². The summed E-state index contributed by atoms with van der Waals surface area (Å²) in [5, 5.41) is 10.0. The lowest BCUT2D eigenvalue weighted by Crippen LogP contribution is -2.42. The molecule has 0 saturated heterocycles. The van der Waals surface area contributed by atoms with Gasteiger partial charge in [-0.1, -0.05) is 18.2 Å². The number of hydrogen-bond acceptors (Lipinski definition) is 6. The van der Waals surface area contributed by atoms with Crippen LogP contribution in [0, 0.1) is 16.3 Å². The minimum atomic E-state index is -0.839. The van der Waals surface area contributed by atoms with Crippen LogP contribution in [0.15, 0.2) is 81.1 Å². The van der Waals surface area contributed by atoms with E-state index in [0.717, 1.165) is 19.8 Å². The number of aromatic hydroxyl groups is 1. The molecule has 0 aliphatic carbocycles. The molecule has 5 aromatic rings. The number of phenols is 1. The summed E-state index contributed by atoms with van der Waals surface area (Å²) < 4.78 is 30.2. The Balaban J connectivity index is 1.88. The third-order valence-corrected chi connectivity index (χ3v) is 7.26. The largest absolute Gasteiger partial charge is 0.508 e. The van der Waals surface area contributed by atoms with Crippen molar-refractivity contribution in [3.8, 4) is 28.7 Å². The normalized spacial score (nSPS) is 11.1. The van der Waals surface area contributed by atoms with E-state index in [4.69, 9.17) is 9.47 Å². The van der Waals surface area contributed by atoms with Crippen molar-refractivity contribution in [1.29, 1.82) is 0 Å². The van der Waals surface area contributed by atoms with E-state index < -0.39 is 22.6 Å². The average molecular weight is 655 g/mol. The molecule has 0 atom stereocenters. The molecular formula is C29H23FIN3O6. The number of phenolic OH excluding ortho intramolecular Hbond substituents is 1. The van der Waals surface area contributed by atoms with Gasteiger partial charge in [0.05, 0.1) is 19.3 Å². The predicted molar refractivity (Wildman–Crippen MR) is 157 cm³/mol. The maximum absolute atomic E-state index is 15.4. The number of halogens is 2. The van der Waals surface area contributed by atoms with Crippen LogP contribution in [0.5, 0.6) is 23.0 Å². The molecule has 11 heteroatoms. The van der Waals surface area contributed by atoms with Crippen LogP contribution in [-0.4, -0.2) is 25.9 Å². The Bertz CT molecular complexity index is 1960. The molecule has 2 heterocycles. The SMILES string of the molecule is COc1ccc(Cn2c(=O)c3c(Oc4cccc(O)c4C)cc(=O)n(C)c3n(-c3ccc(I)cc3F)c2=O)cc1. The third-order valence-electron chi connectivity index (χ3n) is 6.59. The number of aryl methyl sites for hydroxylation is 1. The Hall–Kier alpha value is -4.39. The number of rotatable bonds is 6. The molecular weight excluding hydrogens is 632 g/mol. The second-order valence-corrected chi connectivity index (χ2v) is 10.3. The molecule has 204 valence electrons. The summed E-state index contributed by atoms with van der Waals surface area (Å²) in [6.45, 7) is 1.48. The van der Waals surface area contributed by atoms with Gasteiger partial charge >= 0.3 is 5.69 Å². The monoisotopic (exact) mass is 655 g/mol. The number of benzene rings is 3. The second kappa shape index (κ2) is 10.6. The Morgan fingerprint density at radius 2 is 1.70 bits per heavy atom. The van der Waals surface area contributed by atoms with Crippen LogP contribution in [0.1, 0.15) is 11.1 Å². The van der Waals surface area contributed by atoms with Crippen molar-refractivity contribution in [2.24, 2.45) is 7.05 Å². The van der Waals surface area contributed by atoms with Gasteiger partial charge in [0.15, 0.2) is 0 Å². The lowest BCUT2D eigenvalue weighted by Gasteiger charge is -2.19. The molecule has 0 unspecified atom stereocenters. The summed E-state index contributed by atoms with van der Waals surface area (Å²) in [5.74, 6) is -0.0954. The number of aromatic nitrogens is 3. The number of fused-ring (bicyclic) bond motifs is 1. The summed E-state index contributed by atoms with van der Waals surface area (Å²) in [4.78, 5) is 41.0. The van der Waals surface area contributed by atoms with Gasteiger partial charge in [-0.25, -0.2) is 13.8 Å². The number of nitrogens with zero attached hydrogens (tertiary/aromatic N) is 3. The maximum atomic E-state index is 15.4. The molecule has 5 rings (SSSR count). The van der Waals surface area contributed by atoms with Gasteiger partial charge in [-0.2, -0.15) is 0 Å². The average Bonchev–Trinajstić information content (AvgIpc) is 2.93. The zero-order valence-electron chi connectivity index (χ0n) is 21.6. The minimum Gasteiger partial charge on any atom is -0.508 e. The molecule has 0 aliphatic heterocycles. The van der Waals surface area contributed by atoms with Crippen molar-refractivity contribution in [2.75, 3.05) is 7.11 Å². The smallest absolute Gasteiger partial charge is 0.337 e. The van der Waals surface area contributed by atoms with Crippen LogP contribution in [-0.2, 0) is 13.6 Å². The van der Waals surface area contributed by atoms with Crippen molar-refractivity contribution in [3.05, 3.63) is 118 Å². The number of methoxy groups -OCH3 is 1. The number of hydrogen-bond donors (Lipinski definition) is 1. The topological polar surface area (TPSA) is 105 Å². The lowest BCUT2D eigenvalue weighted by molar-refractivity contribution is 0.414. The van der Waals surface area contributed by atoms with Crippen LogP contribution in [0.25, 0.3) is 16.7 Å². The van der Waals surface area contributed by atoms with E-state index in [1.54, 1.807) is 49.4 Å². The predicted octanol–water partition coefficient (Wildman–Crippen LogP) is 4.46. The maximum Gasteiger partial charge on any atom is 0.337 e. The highest BCUT2D eigenvalue weighted by molar-refractivity contribution is 14.1. The van der Waals surface area contributed by atoms with Crippen molar-refractivity contribution >= 4 is 33.6 Å². The number of ether oxygens (including phenoxy) is 2. The van der Waals surface area contributed by atoms with E-state index in [9.17, 15) is 19.5 Å². The van der Waals surface area contributed by atoms with Crippen molar-refractivity contribution in [2.45, 2.75) is 13.5 Å². The molecule has 40 heavy (non-hydrogen) atoms. The summed E-state index contributed by atoms with van der Waals surface area (Å²) in [5.41, 5.74) is -1.44. The fourth-order valence-corrected chi connectivity index (χ4v) is 4.86. The Labute approximate surface area is 240 Å². The second-order valence-electron chi connectivity index (χ2n) is 9.06. The van der Waals surface area contributed by atoms with Crippen LogP contribution < -0.4 is 26.3 Å². The highest BCUT2D eigenvalue weighted by Crippen LogP contribution is 2.32. The number of pyridine rings is 1. The van der Waals surface area contributed by atoms with Gasteiger partial charge in [-0.15, -0.1) is 0 Å². The zero-order chi connectivity index (χ0) is 28.7. The zero-order valence-corrected chi connectivity index (χ0v) is 23.8. The van der Waals surface area contributed by atoms with Crippen LogP contribution in [0.3, 0.4) is 0 Å². The molecule has 0 aliphatic rings. The first-order chi connectivity index (χ1) is 19.1. The summed E-state index contributed by atoms with van der Waals surface area (Å²) >= 11 is 1.95. The molecule has 0 bridgehead atoms. The van der Waals surface area contributed by atoms with Gasteiger partial charge in [0.2, 0.25) is 0 Å². The molecule has 0 spiro atoms. The summed E-state index contributed by atoms with van der Waals surface area (Å²) in [7, 11) is 2.92. The molecule has 9 nitrogen and oxygen atoms in total. The molecule has 0 amide bonds. The quantitative estimate of drug-likeness (QED) is 0.271. The van der Waals surface area contributed by atoms with Crippen molar-refractivity contribution in [1.82, 2.24) is 13.7 Å². The van der Waals surface area contributed by atoms with E-state index in [0.29, 0.717) is 20.4 Å². The molecule has 0 radical (unpaired) electrons. The van der Waals surface area contributed by atoms with Crippen molar-refractivity contribution < 1.29 is 19.0 Å². The molecule has 2 aromatic heterocycles. The molecule has 0 fully saturated rings. The van der Waals surface area contributed by atoms with Crippen LogP contribution in [0.2, 0.25) is 0 Å². The minimum absolute atomic E-state index is 0.0413. The first-order valence-electron chi connectivity index (χ1n) is 12.0.